The fourth-order valence-corrected chi connectivity index (χ4v) is 3.07. The van der Waals surface area contributed by atoms with Gasteiger partial charge in [0.15, 0.2) is 0 Å². The van der Waals surface area contributed by atoms with Gasteiger partial charge in [-0.2, -0.15) is 0 Å². The summed E-state index contributed by atoms with van der Waals surface area (Å²) in [5, 5.41) is 0. The van der Waals surface area contributed by atoms with E-state index in [2.05, 4.69) is 24.8 Å². The van der Waals surface area contributed by atoms with Crippen LogP contribution in [0.5, 0.6) is 0 Å². The maximum absolute atomic E-state index is 13.3. The first-order chi connectivity index (χ1) is 12.2. The Morgan fingerprint density at radius 3 is 2.88 bits per heavy atom. The lowest BCUT2D eigenvalue weighted by Crippen LogP contribution is -2.35. The van der Waals surface area contributed by atoms with Gasteiger partial charge in [0.1, 0.15) is 18.0 Å². The van der Waals surface area contributed by atoms with Crippen molar-refractivity contribution in [1.82, 2.24) is 24.8 Å². The van der Waals surface area contributed by atoms with Gasteiger partial charge in [0.25, 0.3) is 5.56 Å². The molecule has 0 atom stereocenters. The van der Waals surface area contributed by atoms with Gasteiger partial charge in [0.05, 0.1) is 16.8 Å². The van der Waals surface area contributed by atoms with Crippen LogP contribution in [0.15, 0.2) is 47.8 Å². The van der Waals surface area contributed by atoms with Crippen molar-refractivity contribution in [2.45, 2.75) is 19.5 Å². The second-order valence-electron chi connectivity index (χ2n) is 6.06. The Labute approximate surface area is 143 Å². The van der Waals surface area contributed by atoms with Gasteiger partial charge in [0, 0.05) is 38.4 Å². The molecule has 0 radical (unpaired) electrons. The molecule has 1 aliphatic heterocycles. The summed E-state index contributed by atoms with van der Waals surface area (Å²) in [6.45, 7) is 1.87. The first-order valence-electron chi connectivity index (χ1n) is 8.03. The third kappa shape index (κ3) is 3.32. The average molecular weight is 337 g/mol. The van der Waals surface area contributed by atoms with E-state index < -0.39 is 0 Å². The van der Waals surface area contributed by atoms with Gasteiger partial charge in [-0.25, -0.2) is 19.3 Å². The molecule has 3 heterocycles. The molecule has 0 saturated carbocycles. The number of hydrogen-bond acceptors (Lipinski definition) is 5. The molecule has 0 unspecified atom stereocenters. The van der Waals surface area contributed by atoms with Gasteiger partial charge in [-0.05, 0) is 17.7 Å². The summed E-state index contributed by atoms with van der Waals surface area (Å²) in [5.74, 6) is 0.243. The van der Waals surface area contributed by atoms with Crippen LogP contribution in [0.2, 0.25) is 0 Å². The van der Waals surface area contributed by atoms with Crippen molar-refractivity contribution in [3.8, 4) is 11.4 Å². The van der Waals surface area contributed by atoms with E-state index in [-0.39, 0.29) is 11.4 Å². The number of aromatic nitrogens is 4. The second kappa shape index (κ2) is 6.52. The van der Waals surface area contributed by atoms with E-state index in [1.165, 1.54) is 18.5 Å². The maximum Gasteiger partial charge on any atom is 0.255 e. The molecular weight excluding hydrogens is 321 g/mol. The molecule has 1 N–H and O–H groups in total. The first kappa shape index (κ1) is 15.6. The molecule has 0 saturated heterocycles. The van der Waals surface area contributed by atoms with Gasteiger partial charge >= 0.3 is 0 Å². The van der Waals surface area contributed by atoms with Crippen molar-refractivity contribution < 1.29 is 4.39 Å². The highest BCUT2D eigenvalue weighted by Crippen LogP contribution is 2.19. The molecule has 6 nitrogen and oxygen atoms in total. The van der Waals surface area contributed by atoms with Crippen LogP contribution < -0.4 is 5.56 Å². The zero-order valence-corrected chi connectivity index (χ0v) is 13.4. The number of fused-ring (bicyclic) bond motifs is 1. The molecule has 126 valence electrons. The van der Waals surface area contributed by atoms with E-state index in [0.29, 0.717) is 36.5 Å². The van der Waals surface area contributed by atoms with Crippen molar-refractivity contribution in [3.63, 3.8) is 0 Å². The third-order valence-corrected chi connectivity index (χ3v) is 4.28. The topological polar surface area (TPSA) is 74.8 Å². The minimum Gasteiger partial charge on any atom is -0.306 e. The monoisotopic (exact) mass is 337 g/mol. The Morgan fingerprint density at radius 2 is 2.08 bits per heavy atom. The molecule has 0 amide bonds. The Bertz CT molecular complexity index is 957. The van der Waals surface area contributed by atoms with E-state index in [4.69, 9.17) is 0 Å². The van der Waals surface area contributed by atoms with Crippen LogP contribution in [-0.2, 0) is 19.5 Å². The molecule has 1 aromatic carbocycles. The van der Waals surface area contributed by atoms with Crippen molar-refractivity contribution in [3.05, 3.63) is 76.0 Å². The minimum atomic E-state index is -0.246. The van der Waals surface area contributed by atoms with Crippen LogP contribution in [-0.4, -0.2) is 31.4 Å². The number of aromatic amines is 1. The summed E-state index contributed by atoms with van der Waals surface area (Å²) in [6.07, 6.45) is 5.35. The molecule has 7 heteroatoms. The van der Waals surface area contributed by atoms with Crippen LogP contribution in [0, 0.1) is 5.82 Å². The number of H-pyrrole nitrogens is 1. The van der Waals surface area contributed by atoms with Crippen LogP contribution in [0.4, 0.5) is 4.39 Å². The fraction of sp³-hybridized carbons (Fsp3) is 0.222. The van der Waals surface area contributed by atoms with E-state index in [0.717, 1.165) is 17.8 Å². The number of nitrogens with zero attached hydrogens (tertiary/aromatic N) is 4. The zero-order valence-electron chi connectivity index (χ0n) is 13.4. The molecule has 0 fully saturated rings. The number of hydrogen-bond donors (Lipinski definition) is 1. The van der Waals surface area contributed by atoms with Gasteiger partial charge in [-0.3, -0.25) is 9.69 Å². The third-order valence-electron chi connectivity index (χ3n) is 4.28. The Balaban J connectivity index is 1.58. The highest BCUT2D eigenvalue weighted by molar-refractivity contribution is 5.52. The number of nitrogens with one attached hydrogen (secondary N) is 1. The quantitative estimate of drug-likeness (QED) is 0.790. The molecule has 0 bridgehead atoms. The molecule has 0 spiro atoms. The highest BCUT2D eigenvalue weighted by Gasteiger charge is 2.21. The standard InChI is InChI=1S/C18H16FN5O/c19-14-3-1-2-12(6-14)9-24-5-4-16-15(10-24)18(25)23-17(22-16)13-7-20-11-21-8-13/h1-3,6-8,11H,4-5,9-10H2,(H,22,23,25). The van der Waals surface area contributed by atoms with E-state index in [9.17, 15) is 9.18 Å². The first-order valence-corrected chi connectivity index (χ1v) is 8.03. The smallest absolute Gasteiger partial charge is 0.255 e. The summed E-state index contributed by atoms with van der Waals surface area (Å²) in [4.78, 5) is 29.9. The largest absolute Gasteiger partial charge is 0.306 e. The highest BCUT2D eigenvalue weighted by atomic mass is 19.1. The fourth-order valence-electron chi connectivity index (χ4n) is 3.07. The van der Waals surface area contributed by atoms with Crippen LogP contribution in [0.3, 0.4) is 0 Å². The van der Waals surface area contributed by atoms with Crippen LogP contribution >= 0.6 is 0 Å². The lowest BCUT2D eigenvalue weighted by atomic mass is 10.1. The lowest BCUT2D eigenvalue weighted by molar-refractivity contribution is 0.241. The Morgan fingerprint density at radius 1 is 1.24 bits per heavy atom. The lowest BCUT2D eigenvalue weighted by Gasteiger charge is -2.27. The van der Waals surface area contributed by atoms with E-state index in [1.54, 1.807) is 18.5 Å². The average Bonchev–Trinajstić information content (AvgIpc) is 2.63. The second-order valence-corrected chi connectivity index (χ2v) is 6.06. The van der Waals surface area contributed by atoms with Crippen LogP contribution in [0.25, 0.3) is 11.4 Å². The SMILES string of the molecule is O=c1[nH]c(-c2cncnc2)nc2c1CN(Cc1cccc(F)c1)CC2. The summed E-state index contributed by atoms with van der Waals surface area (Å²) in [5.41, 5.74) is 2.91. The molecule has 25 heavy (non-hydrogen) atoms. The molecule has 2 aromatic heterocycles. The van der Waals surface area contributed by atoms with Crippen molar-refractivity contribution in [2.24, 2.45) is 0 Å². The number of benzene rings is 1. The van der Waals surface area contributed by atoms with Gasteiger partial charge in [0.2, 0.25) is 0 Å². The van der Waals surface area contributed by atoms with Gasteiger partial charge in [-0.1, -0.05) is 12.1 Å². The predicted molar refractivity (Wildman–Crippen MR) is 90.1 cm³/mol. The molecule has 1 aliphatic rings. The Hall–Kier alpha value is -2.93. The maximum atomic E-state index is 13.3. The van der Waals surface area contributed by atoms with E-state index in [1.807, 2.05) is 6.07 Å². The van der Waals surface area contributed by atoms with Gasteiger partial charge < -0.3 is 4.98 Å². The molecule has 3 aromatic rings. The zero-order chi connectivity index (χ0) is 17.2. The molecule has 0 aliphatic carbocycles. The minimum absolute atomic E-state index is 0.146. The normalized spacial score (nSPS) is 14.3. The summed E-state index contributed by atoms with van der Waals surface area (Å²) < 4.78 is 13.3. The molecule has 4 rings (SSSR count). The molecular formula is C18H16FN5O. The summed E-state index contributed by atoms with van der Waals surface area (Å²) in [7, 11) is 0. The van der Waals surface area contributed by atoms with Crippen molar-refractivity contribution >= 4 is 0 Å². The van der Waals surface area contributed by atoms with Crippen molar-refractivity contribution in [2.75, 3.05) is 6.54 Å². The summed E-state index contributed by atoms with van der Waals surface area (Å²) >= 11 is 0. The van der Waals surface area contributed by atoms with Gasteiger partial charge in [-0.15, -0.1) is 0 Å². The summed E-state index contributed by atoms with van der Waals surface area (Å²) in [6, 6.07) is 6.54. The predicted octanol–water partition coefficient (Wildman–Crippen LogP) is 1.92. The number of halogens is 1. The Kier molecular flexibility index (Phi) is 4.07. The van der Waals surface area contributed by atoms with Crippen LogP contribution in [0.1, 0.15) is 16.8 Å². The van der Waals surface area contributed by atoms with E-state index >= 15 is 0 Å². The van der Waals surface area contributed by atoms with Crippen molar-refractivity contribution in [1.29, 1.82) is 0 Å². The number of rotatable bonds is 3.